The number of carbonyl (C=O) groups excluding carboxylic acids is 1. The number of carbonyl (C=O) groups is 1. The molecule has 8 heteroatoms. The third-order valence-corrected chi connectivity index (χ3v) is 6.36. The van der Waals surface area contributed by atoms with Gasteiger partial charge in [-0.25, -0.2) is 4.21 Å². The Morgan fingerprint density at radius 1 is 0.938 bits per heavy atom. The van der Waals surface area contributed by atoms with E-state index in [0.717, 1.165) is 23.3 Å². The summed E-state index contributed by atoms with van der Waals surface area (Å²) >= 11 is 0. The van der Waals surface area contributed by atoms with Gasteiger partial charge in [0.1, 0.15) is 0 Å². The molecule has 1 aromatic heterocycles. The van der Waals surface area contributed by atoms with Crippen LogP contribution < -0.4 is 0 Å². The topological polar surface area (TPSA) is 59.4 Å². The van der Waals surface area contributed by atoms with E-state index in [4.69, 9.17) is 0 Å². The summed E-state index contributed by atoms with van der Waals surface area (Å²) in [6.07, 6.45) is -0.300. The fourth-order valence-electron chi connectivity index (χ4n) is 2.73. The minimum atomic E-state index is -4.41. The predicted molar refractivity (Wildman–Crippen MR) is 117 cm³/mol. The summed E-state index contributed by atoms with van der Waals surface area (Å²) in [6.45, 7) is 3.82. The monoisotopic (exact) mass is 456 g/mol. The second-order valence-corrected chi connectivity index (χ2v) is 9.49. The van der Waals surface area contributed by atoms with Gasteiger partial charge in [-0.05, 0) is 67.4 Å². The van der Waals surface area contributed by atoms with Crippen molar-refractivity contribution in [2.24, 2.45) is 4.36 Å². The lowest BCUT2D eigenvalue weighted by Gasteiger charge is -2.07. The van der Waals surface area contributed by atoms with Crippen LogP contribution in [0, 0.1) is 25.7 Å². The molecule has 0 bridgehead atoms. The molecule has 0 saturated heterocycles. The predicted octanol–water partition coefficient (Wildman–Crippen LogP) is 5.41. The average Bonchev–Trinajstić information content (AvgIpc) is 2.73. The molecule has 1 unspecified atom stereocenters. The summed E-state index contributed by atoms with van der Waals surface area (Å²) in [6, 6.07) is 11.1. The van der Waals surface area contributed by atoms with Crippen LogP contribution in [0.15, 0.2) is 70.2 Å². The normalized spacial score (nSPS) is 12.9. The van der Waals surface area contributed by atoms with E-state index in [-0.39, 0.29) is 5.56 Å². The van der Waals surface area contributed by atoms with Gasteiger partial charge in [0.25, 0.3) is 5.91 Å². The number of pyridine rings is 1. The molecule has 1 atom stereocenters. The molecule has 3 rings (SSSR count). The van der Waals surface area contributed by atoms with Crippen molar-refractivity contribution in [3.8, 4) is 11.8 Å². The van der Waals surface area contributed by atoms with E-state index in [1.807, 2.05) is 19.9 Å². The standard InChI is InChI=1S/C24H19F3N2O2S/c1-16-4-11-22(12-17(16)2)32(3,31)29-23(30)20-13-19(14-28-15-20)6-5-18-7-9-21(10-8-18)24(25,26)27/h4,7-15H,1-3H3. The molecule has 4 nitrogen and oxygen atoms in total. The van der Waals surface area contributed by atoms with E-state index in [1.54, 1.807) is 12.1 Å². The minimum absolute atomic E-state index is 0.114. The van der Waals surface area contributed by atoms with Gasteiger partial charge in [-0.15, -0.1) is 0 Å². The molecule has 32 heavy (non-hydrogen) atoms. The summed E-state index contributed by atoms with van der Waals surface area (Å²) in [5.41, 5.74) is 2.10. The van der Waals surface area contributed by atoms with Crippen LogP contribution in [0.4, 0.5) is 13.2 Å². The summed E-state index contributed by atoms with van der Waals surface area (Å²) < 4.78 is 54.9. The van der Waals surface area contributed by atoms with Crippen LogP contribution in [-0.2, 0) is 15.9 Å². The Morgan fingerprint density at radius 2 is 1.59 bits per heavy atom. The first-order chi connectivity index (χ1) is 15.0. The molecule has 0 spiro atoms. The summed E-state index contributed by atoms with van der Waals surface area (Å²) in [7, 11) is -2.96. The summed E-state index contributed by atoms with van der Waals surface area (Å²) in [4.78, 5) is 17.0. The Kier molecular flexibility index (Phi) is 6.51. The van der Waals surface area contributed by atoms with Gasteiger partial charge in [0.15, 0.2) is 0 Å². The molecule has 0 radical (unpaired) electrons. The molecule has 1 amide bonds. The van der Waals surface area contributed by atoms with E-state index in [0.29, 0.717) is 16.0 Å². The van der Waals surface area contributed by atoms with E-state index in [2.05, 4.69) is 21.2 Å². The third kappa shape index (κ3) is 5.62. The Morgan fingerprint density at radius 3 is 2.22 bits per heavy atom. The zero-order valence-electron chi connectivity index (χ0n) is 17.5. The lowest BCUT2D eigenvalue weighted by molar-refractivity contribution is -0.137. The maximum atomic E-state index is 13.0. The number of hydrogen-bond donors (Lipinski definition) is 0. The fourth-order valence-corrected chi connectivity index (χ4v) is 3.97. The van der Waals surface area contributed by atoms with Gasteiger partial charge in [0.05, 0.1) is 20.9 Å². The second kappa shape index (κ2) is 8.97. The molecule has 3 aromatic rings. The van der Waals surface area contributed by atoms with Crippen LogP contribution in [0.1, 0.15) is 38.2 Å². The van der Waals surface area contributed by atoms with E-state index in [9.17, 15) is 22.2 Å². The Labute approximate surface area is 184 Å². The summed E-state index contributed by atoms with van der Waals surface area (Å²) in [5, 5.41) is 0. The maximum Gasteiger partial charge on any atom is 0.416 e. The quantitative estimate of drug-likeness (QED) is 0.484. The van der Waals surface area contributed by atoms with Crippen molar-refractivity contribution in [2.75, 3.05) is 6.26 Å². The molecule has 0 aliphatic heterocycles. The van der Waals surface area contributed by atoms with Crippen molar-refractivity contribution in [1.29, 1.82) is 0 Å². The molecule has 0 aliphatic rings. The number of amides is 1. The number of aryl methyl sites for hydroxylation is 2. The SMILES string of the molecule is Cc1ccc(S(C)(=O)=NC(=O)c2cncc(C#Cc3ccc(C(F)(F)F)cc3)c2)cc1C. The molecule has 0 saturated carbocycles. The number of rotatable bonds is 2. The maximum absolute atomic E-state index is 13.0. The number of alkyl halides is 3. The van der Waals surface area contributed by atoms with E-state index in [1.165, 1.54) is 36.8 Å². The Hall–Kier alpha value is -3.44. The van der Waals surface area contributed by atoms with Crippen LogP contribution in [0.3, 0.4) is 0 Å². The van der Waals surface area contributed by atoms with Crippen molar-refractivity contribution < 1.29 is 22.2 Å². The van der Waals surface area contributed by atoms with E-state index >= 15 is 0 Å². The number of nitrogens with zero attached hydrogens (tertiary/aromatic N) is 2. The molecule has 2 aromatic carbocycles. The number of halogens is 3. The highest BCUT2D eigenvalue weighted by Gasteiger charge is 2.29. The fraction of sp³-hybridized carbons (Fsp3) is 0.167. The highest BCUT2D eigenvalue weighted by Crippen LogP contribution is 2.29. The molecule has 0 fully saturated rings. The van der Waals surface area contributed by atoms with Gasteiger partial charge in [-0.1, -0.05) is 17.9 Å². The van der Waals surface area contributed by atoms with Crippen molar-refractivity contribution in [1.82, 2.24) is 4.98 Å². The van der Waals surface area contributed by atoms with Gasteiger partial charge >= 0.3 is 6.18 Å². The molecule has 0 N–H and O–H groups in total. The molecule has 0 aliphatic carbocycles. The first kappa shape index (κ1) is 23.2. The third-order valence-electron chi connectivity index (χ3n) is 4.72. The van der Waals surface area contributed by atoms with Crippen molar-refractivity contribution in [2.45, 2.75) is 24.9 Å². The molecule has 1 heterocycles. The van der Waals surface area contributed by atoms with Crippen LogP contribution >= 0.6 is 0 Å². The largest absolute Gasteiger partial charge is 0.416 e. The number of benzene rings is 2. The Bertz CT molecular complexity index is 1360. The van der Waals surface area contributed by atoms with Crippen molar-refractivity contribution >= 4 is 15.6 Å². The second-order valence-electron chi connectivity index (χ2n) is 7.23. The number of aromatic nitrogens is 1. The van der Waals surface area contributed by atoms with Crippen LogP contribution in [0.2, 0.25) is 0 Å². The van der Waals surface area contributed by atoms with Crippen LogP contribution in [0.25, 0.3) is 0 Å². The van der Waals surface area contributed by atoms with Crippen molar-refractivity contribution in [3.05, 3.63) is 94.3 Å². The van der Waals surface area contributed by atoms with Crippen LogP contribution in [0.5, 0.6) is 0 Å². The van der Waals surface area contributed by atoms with Gasteiger partial charge in [0, 0.05) is 34.7 Å². The van der Waals surface area contributed by atoms with Gasteiger partial charge < -0.3 is 0 Å². The molecular weight excluding hydrogens is 437 g/mol. The molecular formula is C24H19F3N2O2S. The van der Waals surface area contributed by atoms with Gasteiger partial charge in [0.2, 0.25) is 0 Å². The smallest absolute Gasteiger partial charge is 0.266 e. The first-order valence-electron chi connectivity index (χ1n) is 9.44. The van der Waals surface area contributed by atoms with Gasteiger partial charge in [-0.3, -0.25) is 9.78 Å². The zero-order valence-corrected chi connectivity index (χ0v) is 18.3. The number of hydrogen-bond acceptors (Lipinski definition) is 3. The lowest BCUT2D eigenvalue weighted by atomic mass is 10.1. The zero-order chi connectivity index (χ0) is 23.5. The average molecular weight is 456 g/mol. The minimum Gasteiger partial charge on any atom is -0.266 e. The van der Waals surface area contributed by atoms with E-state index < -0.39 is 27.4 Å². The van der Waals surface area contributed by atoms with Crippen LogP contribution in [-0.4, -0.2) is 21.4 Å². The van der Waals surface area contributed by atoms with Gasteiger partial charge in [-0.2, -0.15) is 17.5 Å². The summed E-state index contributed by atoms with van der Waals surface area (Å²) in [5.74, 6) is 4.81. The van der Waals surface area contributed by atoms with Crippen molar-refractivity contribution in [3.63, 3.8) is 0 Å². The highest BCUT2D eigenvalue weighted by atomic mass is 32.2. The lowest BCUT2D eigenvalue weighted by Crippen LogP contribution is -2.05. The first-order valence-corrected chi connectivity index (χ1v) is 11.4. The Balaban J connectivity index is 1.85. The molecule has 164 valence electrons. The highest BCUT2D eigenvalue weighted by molar-refractivity contribution is 7.93.